The average Bonchev–Trinajstić information content (AvgIpc) is 2.44. The van der Waals surface area contributed by atoms with Crippen molar-refractivity contribution in [2.24, 2.45) is 0 Å². The number of rotatable bonds is 7. The Labute approximate surface area is 120 Å². The standard InChI is InChI=1S/C14H22N2O2S/c1-4-12(10-17-2)16-14(19)15-9-11-7-5-6-8-13(11)18-3/h5-8,12H,4,9-10H2,1-3H3,(H2,15,16,19). The van der Waals surface area contributed by atoms with Crippen LogP contribution in [0.15, 0.2) is 24.3 Å². The van der Waals surface area contributed by atoms with E-state index in [0.717, 1.165) is 17.7 Å². The molecule has 0 aliphatic carbocycles. The third-order valence-electron chi connectivity index (χ3n) is 2.83. The molecule has 1 aromatic carbocycles. The second-order valence-electron chi connectivity index (χ2n) is 4.20. The lowest BCUT2D eigenvalue weighted by Gasteiger charge is -2.19. The molecule has 1 aromatic rings. The molecule has 0 amide bonds. The van der Waals surface area contributed by atoms with Crippen LogP contribution >= 0.6 is 12.2 Å². The minimum atomic E-state index is 0.239. The quantitative estimate of drug-likeness (QED) is 0.750. The summed E-state index contributed by atoms with van der Waals surface area (Å²) in [5, 5.41) is 7.05. The number of benzene rings is 1. The van der Waals surface area contributed by atoms with Crippen molar-refractivity contribution in [1.82, 2.24) is 10.6 Å². The third-order valence-corrected chi connectivity index (χ3v) is 3.09. The minimum Gasteiger partial charge on any atom is -0.496 e. The maximum absolute atomic E-state index is 5.29. The highest BCUT2D eigenvalue weighted by Crippen LogP contribution is 2.16. The molecule has 4 nitrogen and oxygen atoms in total. The summed E-state index contributed by atoms with van der Waals surface area (Å²) in [6.45, 7) is 3.38. The number of para-hydroxylation sites is 1. The second kappa shape index (κ2) is 8.72. The van der Waals surface area contributed by atoms with Crippen LogP contribution in [0.3, 0.4) is 0 Å². The molecule has 0 heterocycles. The number of hydrogen-bond acceptors (Lipinski definition) is 3. The second-order valence-corrected chi connectivity index (χ2v) is 4.61. The van der Waals surface area contributed by atoms with Crippen LogP contribution in [0.4, 0.5) is 0 Å². The van der Waals surface area contributed by atoms with Crippen molar-refractivity contribution in [1.29, 1.82) is 0 Å². The Morgan fingerprint density at radius 3 is 2.68 bits per heavy atom. The Balaban J connectivity index is 2.45. The van der Waals surface area contributed by atoms with Crippen molar-refractivity contribution in [2.75, 3.05) is 20.8 Å². The molecular weight excluding hydrogens is 260 g/mol. The van der Waals surface area contributed by atoms with Crippen LogP contribution in [0.1, 0.15) is 18.9 Å². The highest BCUT2D eigenvalue weighted by atomic mass is 32.1. The van der Waals surface area contributed by atoms with E-state index >= 15 is 0 Å². The summed E-state index contributed by atoms with van der Waals surface area (Å²) < 4.78 is 10.4. The molecule has 1 rings (SSSR count). The van der Waals surface area contributed by atoms with E-state index in [1.54, 1.807) is 14.2 Å². The van der Waals surface area contributed by atoms with Gasteiger partial charge in [0.15, 0.2) is 5.11 Å². The topological polar surface area (TPSA) is 42.5 Å². The number of methoxy groups -OCH3 is 2. The molecule has 19 heavy (non-hydrogen) atoms. The summed E-state index contributed by atoms with van der Waals surface area (Å²) in [5.74, 6) is 0.863. The predicted molar refractivity (Wildman–Crippen MR) is 81.5 cm³/mol. The lowest BCUT2D eigenvalue weighted by atomic mass is 10.2. The van der Waals surface area contributed by atoms with Crippen LogP contribution in [-0.2, 0) is 11.3 Å². The summed E-state index contributed by atoms with van der Waals surface area (Å²) in [5.41, 5.74) is 1.08. The first-order valence-corrected chi connectivity index (χ1v) is 6.77. The van der Waals surface area contributed by atoms with E-state index in [-0.39, 0.29) is 6.04 Å². The number of thiocarbonyl (C=S) groups is 1. The van der Waals surface area contributed by atoms with Crippen LogP contribution in [0.5, 0.6) is 5.75 Å². The van der Waals surface area contributed by atoms with E-state index in [0.29, 0.717) is 18.3 Å². The summed E-state index contributed by atoms with van der Waals surface area (Å²) in [6, 6.07) is 8.12. The van der Waals surface area contributed by atoms with Crippen LogP contribution in [-0.4, -0.2) is 32.0 Å². The lowest BCUT2D eigenvalue weighted by molar-refractivity contribution is 0.172. The van der Waals surface area contributed by atoms with Crippen LogP contribution < -0.4 is 15.4 Å². The van der Waals surface area contributed by atoms with E-state index in [2.05, 4.69) is 17.6 Å². The van der Waals surface area contributed by atoms with Gasteiger partial charge in [-0.25, -0.2) is 0 Å². The molecule has 0 bridgehead atoms. The molecule has 0 spiro atoms. The van der Waals surface area contributed by atoms with Gasteiger partial charge in [0.25, 0.3) is 0 Å². The summed E-state index contributed by atoms with van der Waals surface area (Å²) in [6.07, 6.45) is 0.963. The molecular formula is C14H22N2O2S. The van der Waals surface area contributed by atoms with Gasteiger partial charge in [-0.1, -0.05) is 25.1 Å². The van der Waals surface area contributed by atoms with Gasteiger partial charge in [0, 0.05) is 19.2 Å². The fourth-order valence-electron chi connectivity index (χ4n) is 1.72. The fourth-order valence-corrected chi connectivity index (χ4v) is 1.96. The van der Waals surface area contributed by atoms with Crippen molar-refractivity contribution < 1.29 is 9.47 Å². The SMILES string of the molecule is CCC(COC)NC(=S)NCc1ccccc1OC. The molecule has 1 unspecified atom stereocenters. The van der Waals surface area contributed by atoms with Gasteiger partial charge in [-0.15, -0.1) is 0 Å². The summed E-state index contributed by atoms with van der Waals surface area (Å²) >= 11 is 5.27. The molecule has 0 aromatic heterocycles. The highest BCUT2D eigenvalue weighted by molar-refractivity contribution is 7.80. The van der Waals surface area contributed by atoms with E-state index in [4.69, 9.17) is 21.7 Å². The molecule has 1 atom stereocenters. The zero-order chi connectivity index (χ0) is 14.1. The Morgan fingerprint density at radius 2 is 2.05 bits per heavy atom. The number of ether oxygens (including phenoxy) is 2. The first kappa shape index (κ1) is 15.7. The zero-order valence-electron chi connectivity index (χ0n) is 11.7. The fraction of sp³-hybridized carbons (Fsp3) is 0.500. The maximum Gasteiger partial charge on any atom is 0.166 e. The van der Waals surface area contributed by atoms with E-state index in [1.807, 2.05) is 24.3 Å². The van der Waals surface area contributed by atoms with E-state index in [9.17, 15) is 0 Å². The largest absolute Gasteiger partial charge is 0.496 e. The molecule has 0 saturated carbocycles. The van der Waals surface area contributed by atoms with Crippen molar-refractivity contribution in [3.63, 3.8) is 0 Å². The molecule has 106 valence electrons. The van der Waals surface area contributed by atoms with E-state index < -0.39 is 0 Å². The van der Waals surface area contributed by atoms with Gasteiger partial charge < -0.3 is 20.1 Å². The Kier molecular flexibility index (Phi) is 7.22. The Bertz CT molecular complexity index is 399. The normalized spacial score (nSPS) is 11.7. The minimum absolute atomic E-state index is 0.239. The Hall–Kier alpha value is -1.33. The van der Waals surface area contributed by atoms with Crippen molar-refractivity contribution in [3.8, 4) is 5.75 Å². The summed E-state index contributed by atoms with van der Waals surface area (Å²) in [7, 11) is 3.36. The van der Waals surface area contributed by atoms with Gasteiger partial charge in [-0.05, 0) is 24.7 Å². The first-order chi connectivity index (χ1) is 9.21. The van der Waals surface area contributed by atoms with Crippen molar-refractivity contribution in [3.05, 3.63) is 29.8 Å². The Morgan fingerprint density at radius 1 is 1.32 bits per heavy atom. The van der Waals surface area contributed by atoms with Crippen LogP contribution in [0.25, 0.3) is 0 Å². The van der Waals surface area contributed by atoms with Crippen LogP contribution in [0.2, 0.25) is 0 Å². The van der Waals surface area contributed by atoms with Gasteiger partial charge in [0.1, 0.15) is 5.75 Å². The molecule has 2 N–H and O–H groups in total. The molecule has 0 aliphatic rings. The molecule has 0 radical (unpaired) electrons. The predicted octanol–water partition coefficient (Wildman–Crippen LogP) is 2.08. The first-order valence-electron chi connectivity index (χ1n) is 6.36. The van der Waals surface area contributed by atoms with Gasteiger partial charge in [-0.2, -0.15) is 0 Å². The van der Waals surface area contributed by atoms with Crippen LogP contribution in [0, 0.1) is 0 Å². The maximum atomic E-state index is 5.29. The van der Waals surface area contributed by atoms with E-state index in [1.165, 1.54) is 0 Å². The molecule has 0 saturated heterocycles. The van der Waals surface area contributed by atoms with Crippen molar-refractivity contribution in [2.45, 2.75) is 25.9 Å². The highest BCUT2D eigenvalue weighted by Gasteiger charge is 2.07. The third kappa shape index (κ3) is 5.44. The zero-order valence-corrected chi connectivity index (χ0v) is 12.5. The molecule has 0 fully saturated rings. The molecule has 5 heteroatoms. The number of nitrogens with one attached hydrogen (secondary N) is 2. The smallest absolute Gasteiger partial charge is 0.166 e. The van der Waals surface area contributed by atoms with Gasteiger partial charge in [0.05, 0.1) is 19.8 Å². The monoisotopic (exact) mass is 282 g/mol. The van der Waals surface area contributed by atoms with Gasteiger partial charge in [0.2, 0.25) is 0 Å². The summed E-state index contributed by atoms with van der Waals surface area (Å²) in [4.78, 5) is 0. The molecule has 0 aliphatic heterocycles. The van der Waals surface area contributed by atoms with Crippen molar-refractivity contribution >= 4 is 17.3 Å². The average molecular weight is 282 g/mol. The number of hydrogen-bond donors (Lipinski definition) is 2. The van der Waals surface area contributed by atoms with Gasteiger partial charge in [-0.3, -0.25) is 0 Å². The lowest BCUT2D eigenvalue weighted by Crippen LogP contribution is -2.43. The van der Waals surface area contributed by atoms with Gasteiger partial charge >= 0.3 is 0 Å².